The van der Waals surface area contributed by atoms with E-state index in [2.05, 4.69) is 10.3 Å². The van der Waals surface area contributed by atoms with E-state index < -0.39 is 12.1 Å². The number of benzene rings is 1. The van der Waals surface area contributed by atoms with Crippen LogP contribution in [0.25, 0.3) is 5.65 Å². The van der Waals surface area contributed by atoms with Crippen molar-refractivity contribution in [1.29, 1.82) is 0 Å². The van der Waals surface area contributed by atoms with Gasteiger partial charge >= 0.3 is 6.03 Å². The van der Waals surface area contributed by atoms with Crippen molar-refractivity contribution in [2.24, 2.45) is 0 Å². The average molecular weight is 292 g/mol. The summed E-state index contributed by atoms with van der Waals surface area (Å²) in [5, 5.41) is 2.38. The molecule has 1 aromatic carbocycles. The van der Waals surface area contributed by atoms with Crippen molar-refractivity contribution in [3.63, 3.8) is 0 Å². The lowest BCUT2D eigenvalue weighted by molar-refractivity contribution is -0.119. The quantitative estimate of drug-likeness (QED) is 0.736. The maximum atomic E-state index is 12.2. The first kappa shape index (κ1) is 12.6. The molecule has 0 aliphatic carbocycles. The molecular weight excluding hydrogens is 280 g/mol. The summed E-state index contributed by atoms with van der Waals surface area (Å²) in [6.07, 6.45) is 5.32. The zero-order chi connectivity index (χ0) is 15.1. The second-order valence-electron chi connectivity index (χ2n) is 5.06. The number of imide groups is 1. The van der Waals surface area contributed by atoms with Crippen LogP contribution in [0.15, 0.2) is 61.1 Å². The SMILES string of the molecule is O=C1NC(=O)N(c2ccn3ccnc3c2)C1c1ccccc1. The molecule has 3 amide bonds. The summed E-state index contributed by atoms with van der Waals surface area (Å²) in [5.74, 6) is -0.320. The zero-order valence-electron chi connectivity index (χ0n) is 11.5. The number of nitrogens with one attached hydrogen (secondary N) is 1. The van der Waals surface area contributed by atoms with Gasteiger partial charge in [-0.25, -0.2) is 9.78 Å². The van der Waals surface area contributed by atoms with Crippen LogP contribution in [-0.2, 0) is 4.79 Å². The molecule has 3 aromatic rings. The van der Waals surface area contributed by atoms with Crippen LogP contribution < -0.4 is 10.2 Å². The Balaban J connectivity index is 1.83. The van der Waals surface area contributed by atoms with Gasteiger partial charge in [-0.1, -0.05) is 30.3 Å². The van der Waals surface area contributed by atoms with Crippen molar-refractivity contribution in [2.45, 2.75) is 6.04 Å². The van der Waals surface area contributed by atoms with Gasteiger partial charge in [-0.3, -0.25) is 15.0 Å². The zero-order valence-corrected chi connectivity index (χ0v) is 11.5. The van der Waals surface area contributed by atoms with E-state index in [1.807, 2.05) is 47.1 Å². The largest absolute Gasteiger partial charge is 0.329 e. The molecule has 1 unspecified atom stereocenters. The summed E-state index contributed by atoms with van der Waals surface area (Å²) in [4.78, 5) is 30.1. The van der Waals surface area contributed by atoms with Gasteiger partial charge in [-0.05, 0) is 11.6 Å². The molecule has 4 rings (SSSR count). The van der Waals surface area contributed by atoms with Crippen molar-refractivity contribution in [2.75, 3.05) is 4.90 Å². The molecule has 2 aromatic heterocycles. The van der Waals surface area contributed by atoms with Gasteiger partial charge in [0.1, 0.15) is 11.7 Å². The lowest BCUT2D eigenvalue weighted by atomic mass is 10.1. The van der Waals surface area contributed by atoms with Gasteiger partial charge in [0.05, 0.1) is 5.69 Å². The molecule has 1 aliphatic rings. The average Bonchev–Trinajstić information content (AvgIpc) is 3.11. The summed E-state index contributed by atoms with van der Waals surface area (Å²) >= 11 is 0. The second-order valence-corrected chi connectivity index (χ2v) is 5.06. The van der Waals surface area contributed by atoms with Crippen LogP contribution >= 0.6 is 0 Å². The van der Waals surface area contributed by atoms with E-state index in [0.29, 0.717) is 5.69 Å². The number of hydrogen-bond donors (Lipinski definition) is 1. The number of aromatic nitrogens is 2. The predicted octanol–water partition coefficient (Wildman–Crippen LogP) is 2.13. The number of urea groups is 1. The molecule has 22 heavy (non-hydrogen) atoms. The molecule has 0 saturated carbocycles. The van der Waals surface area contributed by atoms with Crippen molar-refractivity contribution in [3.05, 3.63) is 66.6 Å². The van der Waals surface area contributed by atoms with Crippen molar-refractivity contribution < 1.29 is 9.59 Å². The minimum atomic E-state index is -0.661. The van der Waals surface area contributed by atoms with E-state index in [4.69, 9.17) is 0 Å². The van der Waals surface area contributed by atoms with E-state index in [1.165, 1.54) is 4.90 Å². The minimum Gasteiger partial charge on any atom is -0.307 e. The van der Waals surface area contributed by atoms with Gasteiger partial charge in [-0.2, -0.15) is 0 Å². The van der Waals surface area contributed by atoms with Gasteiger partial charge in [0, 0.05) is 24.7 Å². The fraction of sp³-hybridized carbons (Fsp3) is 0.0625. The topological polar surface area (TPSA) is 66.7 Å². The lowest BCUT2D eigenvalue weighted by Crippen LogP contribution is -2.29. The van der Waals surface area contributed by atoms with E-state index in [0.717, 1.165) is 11.2 Å². The number of hydrogen-bond acceptors (Lipinski definition) is 3. The molecule has 1 N–H and O–H groups in total. The number of carbonyl (C=O) groups is 2. The van der Waals surface area contributed by atoms with Gasteiger partial charge in [0.2, 0.25) is 0 Å². The van der Waals surface area contributed by atoms with Crippen LogP contribution in [0.3, 0.4) is 0 Å². The van der Waals surface area contributed by atoms with Crippen LogP contribution in [0.1, 0.15) is 11.6 Å². The first-order valence-electron chi connectivity index (χ1n) is 6.86. The molecule has 1 saturated heterocycles. The maximum Gasteiger partial charge on any atom is 0.329 e. The number of anilines is 1. The molecule has 0 radical (unpaired) electrons. The summed E-state index contributed by atoms with van der Waals surface area (Å²) < 4.78 is 1.84. The molecule has 0 spiro atoms. The molecule has 6 heteroatoms. The monoisotopic (exact) mass is 292 g/mol. The second kappa shape index (κ2) is 4.70. The normalized spacial score (nSPS) is 18.0. The molecular formula is C16H12N4O2. The smallest absolute Gasteiger partial charge is 0.307 e. The number of carbonyl (C=O) groups excluding carboxylic acids is 2. The van der Waals surface area contributed by atoms with Crippen molar-refractivity contribution >= 4 is 23.3 Å². The van der Waals surface area contributed by atoms with Crippen LogP contribution in [0.5, 0.6) is 0 Å². The van der Waals surface area contributed by atoms with Crippen LogP contribution in [0, 0.1) is 0 Å². The Labute approximate surface area is 126 Å². The summed E-state index contributed by atoms with van der Waals surface area (Å²) in [5.41, 5.74) is 2.13. The number of imidazole rings is 1. The lowest BCUT2D eigenvalue weighted by Gasteiger charge is -2.22. The Hall–Kier alpha value is -3.15. The third-order valence-corrected chi connectivity index (χ3v) is 3.73. The minimum absolute atomic E-state index is 0.320. The molecule has 0 bridgehead atoms. The van der Waals surface area contributed by atoms with E-state index in [9.17, 15) is 9.59 Å². The molecule has 6 nitrogen and oxygen atoms in total. The van der Waals surface area contributed by atoms with Crippen LogP contribution in [-0.4, -0.2) is 21.3 Å². The van der Waals surface area contributed by atoms with Crippen molar-refractivity contribution in [3.8, 4) is 0 Å². The Morgan fingerprint density at radius 3 is 2.68 bits per heavy atom. The number of pyridine rings is 1. The third-order valence-electron chi connectivity index (χ3n) is 3.73. The van der Waals surface area contributed by atoms with Gasteiger partial charge in [-0.15, -0.1) is 0 Å². The highest BCUT2D eigenvalue weighted by atomic mass is 16.2. The first-order chi connectivity index (χ1) is 10.7. The Morgan fingerprint density at radius 2 is 1.86 bits per heavy atom. The molecule has 108 valence electrons. The van der Waals surface area contributed by atoms with Crippen LogP contribution in [0.4, 0.5) is 10.5 Å². The van der Waals surface area contributed by atoms with Crippen LogP contribution in [0.2, 0.25) is 0 Å². The fourth-order valence-electron chi connectivity index (χ4n) is 2.72. The molecule has 3 heterocycles. The van der Waals surface area contributed by atoms with E-state index >= 15 is 0 Å². The van der Waals surface area contributed by atoms with Gasteiger partial charge < -0.3 is 4.40 Å². The first-order valence-corrected chi connectivity index (χ1v) is 6.86. The Kier molecular flexibility index (Phi) is 2.69. The highest BCUT2D eigenvalue weighted by Gasteiger charge is 2.40. The third kappa shape index (κ3) is 1.85. The Morgan fingerprint density at radius 1 is 1.05 bits per heavy atom. The van der Waals surface area contributed by atoms with Crippen molar-refractivity contribution in [1.82, 2.24) is 14.7 Å². The number of fused-ring (bicyclic) bond motifs is 1. The number of nitrogens with zero attached hydrogens (tertiary/aromatic N) is 3. The standard InChI is InChI=1S/C16H12N4O2/c21-15-14(11-4-2-1-3-5-11)20(16(22)18-15)12-6-8-19-9-7-17-13(19)10-12/h1-10,14H,(H,18,21,22). The van der Waals surface area contributed by atoms with Gasteiger partial charge in [0.15, 0.2) is 0 Å². The molecule has 1 atom stereocenters. The number of rotatable bonds is 2. The predicted molar refractivity (Wildman–Crippen MR) is 80.4 cm³/mol. The fourth-order valence-corrected chi connectivity index (χ4v) is 2.72. The summed E-state index contributed by atoms with van der Waals surface area (Å²) in [6.45, 7) is 0. The molecule has 1 fully saturated rings. The highest BCUT2D eigenvalue weighted by molar-refractivity contribution is 6.14. The van der Waals surface area contributed by atoms with Gasteiger partial charge in [0.25, 0.3) is 5.91 Å². The highest BCUT2D eigenvalue weighted by Crippen LogP contribution is 2.31. The van der Waals surface area contributed by atoms with E-state index in [-0.39, 0.29) is 5.91 Å². The Bertz CT molecular complexity index is 872. The summed E-state index contributed by atoms with van der Waals surface area (Å²) in [7, 11) is 0. The number of amides is 3. The maximum absolute atomic E-state index is 12.2. The van der Waals surface area contributed by atoms with E-state index in [1.54, 1.807) is 18.3 Å². The molecule has 1 aliphatic heterocycles. The summed E-state index contributed by atoms with van der Waals surface area (Å²) in [6, 6.07) is 11.7.